The van der Waals surface area contributed by atoms with Crippen LogP contribution in [0.15, 0.2) is 21.9 Å². The molecule has 2 unspecified atom stereocenters. The number of amides is 2. The summed E-state index contributed by atoms with van der Waals surface area (Å²) in [6, 6.07) is 2.93. The van der Waals surface area contributed by atoms with Crippen molar-refractivity contribution in [2.45, 2.75) is 39.3 Å². The number of hydrogen-bond acceptors (Lipinski definition) is 5. The van der Waals surface area contributed by atoms with Crippen LogP contribution < -0.4 is 10.6 Å². The fraction of sp³-hybridized carbons (Fsp3) is 0.467. The molecule has 120 valence electrons. The minimum atomic E-state index is -1.26. The molecule has 0 saturated heterocycles. The number of nitrogens with one attached hydrogen (secondary N) is 2. The zero-order valence-corrected chi connectivity index (χ0v) is 14.0. The molecule has 2 atom stereocenters. The molecule has 0 radical (unpaired) electrons. The summed E-state index contributed by atoms with van der Waals surface area (Å²) >= 11 is 1.54. The summed E-state index contributed by atoms with van der Waals surface area (Å²) in [6.07, 6.45) is 0. The summed E-state index contributed by atoms with van der Waals surface area (Å²) in [6.45, 7) is 7.23. The first-order valence-electron chi connectivity index (χ1n) is 7.03. The largest absolute Gasteiger partial charge is 0.463 e. The first-order valence-corrected chi connectivity index (χ1v) is 7.91. The normalized spacial score (nSPS) is 15.1. The van der Waals surface area contributed by atoms with Crippen molar-refractivity contribution in [1.29, 1.82) is 0 Å². The highest BCUT2D eigenvalue weighted by atomic mass is 32.1. The van der Waals surface area contributed by atoms with Crippen LogP contribution in [-0.4, -0.2) is 22.7 Å². The van der Waals surface area contributed by atoms with Gasteiger partial charge in [-0.3, -0.25) is 0 Å². The third kappa shape index (κ3) is 4.08. The minimum absolute atomic E-state index is 0.0502. The molecule has 2 amide bonds. The van der Waals surface area contributed by atoms with Crippen LogP contribution in [0.5, 0.6) is 0 Å². The number of furan rings is 1. The first-order chi connectivity index (χ1) is 10.3. The molecule has 2 aromatic rings. The summed E-state index contributed by atoms with van der Waals surface area (Å²) in [4.78, 5) is 16.3. The molecule has 0 fully saturated rings. The van der Waals surface area contributed by atoms with Gasteiger partial charge in [0.15, 0.2) is 0 Å². The molecule has 2 heterocycles. The van der Waals surface area contributed by atoms with Crippen LogP contribution in [0, 0.1) is 13.8 Å². The maximum atomic E-state index is 11.9. The van der Waals surface area contributed by atoms with Crippen molar-refractivity contribution in [2.75, 3.05) is 6.54 Å². The second kappa shape index (κ2) is 6.50. The Kier molecular flexibility index (Phi) is 4.87. The van der Waals surface area contributed by atoms with Gasteiger partial charge < -0.3 is 20.2 Å². The van der Waals surface area contributed by atoms with Gasteiger partial charge in [0.1, 0.15) is 17.1 Å². The van der Waals surface area contributed by atoms with Crippen LogP contribution in [0.1, 0.15) is 42.1 Å². The molecule has 0 spiro atoms. The molecule has 0 aromatic carbocycles. The Labute approximate surface area is 133 Å². The zero-order valence-electron chi connectivity index (χ0n) is 13.1. The van der Waals surface area contributed by atoms with E-state index in [9.17, 15) is 9.90 Å². The summed E-state index contributed by atoms with van der Waals surface area (Å²) < 4.78 is 5.40. The molecule has 7 heteroatoms. The molecule has 0 bridgehead atoms. The van der Waals surface area contributed by atoms with Crippen LogP contribution in [0.4, 0.5) is 4.79 Å². The standard InChI is InChI=1S/C15H21N3O3S/c1-9-5-6-13(21-9)15(4,20)8-16-14(19)17-10(2)12-7-22-11(3)18-12/h5-7,10,20H,8H2,1-4H3,(H2,16,17,19). The van der Waals surface area contributed by atoms with Gasteiger partial charge in [-0.25, -0.2) is 9.78 Å². The molecule has 0 aliphatic heterocycles. The Balaban J connectivity index is 1.87. The molecule has 0 aliphatic rings. The molecule has 2 aromatic heterocycles. The number of carbonyl (C=O) groups excluding carboxylic acids is 1. The van der Waals surface area contributed by atoms with Gasteiger partial charge in [-0.2, -0.15) is 0 Å². The van der Waals surface area contributed by atoms with Gasteiger partial charge in [0.05, 0.1) is 23.3 Å². The van der Waals surface area contributed by atoms with Crippen molar-refractivity contribution in [1.82, 2.24) is 15.6 Å². The molecule has 0 aliphatic carbocycles. The van der Waals surface area contributed by atoms with Gasteiger partial charge >= 0.3 is 6.03 Å². The highest BCUT2D eigenvalue weighted by molar-refractivity contribution is 7.09. The van der Waals surface area contributed by atoms with Crippen molar-refractivity contribution in [3.63, 3.8) is 0 Å². The van der Waals surface area contributed by atoms with Crippen LogP contribution in [0.3, 0.4) is 0 Å². The molecule has 6 nitrogen and oxygen atoms in total. The summed E-state index contributed by atoms with van der Waals surface area (Å²) in [5.74, 6) is 1.14. The fourth-order valence-corrected chi connectivity index (χ4v) is 2.67. The van der Waals surface area contributed by atoms with E-state index >= 15 is 0 Å². The lowest BCUT2D eigenvalue weighted by Crippen LogP contribution is -2.44. The molecule has 3 N–H and O–H groups in total. The first kappa shape index (κ1) is 16.5. The Morgan fingerprint density at radius 2 is 2.23 bits per heavy atom. The van der Waals surface area contributed by atoms with E-state index < -0.39 is 5.60 Å². The lowest BCUT2D eigenvalue weighted by atomic mass is 10.0. The van der Waals surface area contributed by atoms with Crippen LogP contribution in [-0.2, 0) is 5.60 Å². The van der Waals surface area contributed by atoms with Crippen molar-refractivity contribution in [3.05, 3.63) is 39.7 Å². The topological polar surface area (TPSA) is 87.4 Å². The second-order valence-corrected chi connectivity index (χ2v) is 6.59. The Hall–Kier alpha value is -1.86. The van der Waals surface area contributed by atoms with E-state index in [1.54, 1.807) is 37.3 Å². The number of aliphatic hydroxyl groups is 1. The third-order valence-corrected chi connectivity index (χ3v) is 4.08. The van der Waals surface area contributed by atoms with E-state index in [0.717, 1.165) is 10.7 Å². The number of aromatic nitrogens is 1. The van der Waals surface area contributed by atoms with E-state index in [2.05, 4.69) is 15.6 Å². The predicted molar refractivity (Wildman–Crippen MR) is 84.8 cm³/mol. The number of carbonyl (C=O) groups is 1. The van der Waals surface area contributed by atoms with Crippen molar-refractivity contribution >= 4 is 17.4 Å². The van der Waals surface area contributed by atoms with E-state index in [0.29, 0.717) is 11.5 Å². The number of thiazole rings is 1. The number of aryl methyl sites for hydroxylation is 2. The molecule has 22 heavy (non-hydrogen) atoms. The molecular weight excluding hydrogens is 302 g/mol. The van der Waals surface area contributed by atoms with Crippen molar-refractivity contribution < 1.29 is 14.3 Å². The second-order valence-electron chi connectivity index (χ2n) is 5.52. The number of urea groups is 1. The lowest BCUT2D eigenvalue weighted by molar-refractivity contribution is 0.0359. The Bertz CT molecular complexity index is 648. The Morgan fingerprint density at radius 1 is 1.50 bits per heavy atom. The number of hydrogen-bond donors (Lipinski definition) is 3. The quantitative estimate of drug-likeness (QED) is 0.789. The summed E-state index contributed by atoms with van der Waals surface area (Å²) in [7, 11) is 0. The van der Waals surface area contributed by atoms with Gasteiger partial charge in [0, 0.05) is 5.38 Å². The van der Waals surface area contributed by atoms with Crippen LogP contribution in [0.25, 0.3) is 0 Å². The predicted octanol–water partition coefficient (Wildman–Crippen LogP) is 2.62. The molecule has 2 rings (SSSR count). The average molecular weight is 323 g/mol. The van der Waals surface area contributed by atoms with Gasteiger partial charge in [0.25, 0.3) is 0 Å². The van der Waals surface area contributed by atoms with Gasteiger partial charge in [0.2, 0.25) is 0 Å². The van der Waals surface area contributed by atoms with E-state index in [1.807, 2.05) is 19.2 Å². The molecular formula is C15H21N3O3S. The van der Waals surface area contributed by atoms with E-state index in [1.165, 1.54) is 0 Å². The van der Waals surface area contributed by atoms with Crippen LogP contribution >= 0.6 is 11.3 Å². The smallest absolute Gasteiger partial charge is 0.315 e. The van der Waals surface area contributed by atoms with Crippen molar-refractivity contribution in [2.24, 2.45) is 0 Å². The SMILES string of the molecule is Cc1ccc(C(C)(O)CNC(=O)NC(C)c2csc(C)n2)o1. The maximum Gasteiger partial charge on any atom is 0.315 e. The maximum absolute atomic E-state index is 11.9. The van der Waals surface area contributed by atoms with Crippen LogP contribution in [0.2, 0.25) is 0 Å². The minimum Gasteiger partial charge on any atom is -0.463 e. The summed E-state index contributed by atoms with van der Waals surface area (Å²) in [5, 5.41) is 18.7. The monoisotopic (exact) mass is 323 g/mol. The highest BCUT2D eigenvalue weighted by Crippen LogP contribution is 2.22. The average Bonchev–Trinajstić information content (AvgIpc) is 3.05. The Morgan fingerprint density at radius 3 is 2.77 bits per heavy atom. The highest BCUT2D eigenvalue weighted by Gasteiger charge is 2.27. The summed E-state index contributed by atoms with van der Waals surface area (Å²) in [5.41, 5.74) is -0.433. The fourth-order valence-electron chi connectivity index (χ4n) is 1.96. The lowest BCUT2D eigenvalue weighted by Gasteiger charge is -2.22. The van der Waals surface area contributed by atoms with E-state index in [4.69, 9.17) is 4.42 Å². The number of rotatable bonds is 5. The zero-order chi connectivity index (χ0) is 16.3. The van der Waals surface area contributed by atoms with Crippen molar-refractivity contribution in [3.8, 4) is 0 Å². The van der Waals surface area contributed by atoms with E-state index in [-0.39, 0.29) is 18.6 Å². The van der Waals surface area contributed by atoms with Gasteiger partial charge in [-0.05, 0) is 39.8 Å². The molecule has 0 saturated carbocycles. The third-order valence-electron chi connectivity index (χ3n) is 3.29. The number of nitrogens with zero attached hydrogens (tertiary/aromatic N) is 1. The van der Waals surface area contributed by atoms with Gasteiger partial charge in [-0.15, -0.1) is 11.3 Å². The van der Waals surface area contributed by atoms with Gasteiger partial charge in [-0.1, -0.05) is 0 Å².